The summed E-state index contributed by atoms with van der Waals surface area (Å²) in [5, 5.41) is 0. The van der Waals surface area contributed by atoms with E-state index < -0.39 is 6.04 Å². The molecule has 0 bridgehead atoms. The summed E-state index contributed by atoms with van der Waals surface area (Å²) in [6.07, 6.45) is 4.79. The van der Waals surface area contributed by atoms with Crippen LogP contribution in [-0.2, 0) is 9.59 Å². The van der Waals surface area contributed by atoms with Gasteiger partial charge in [-0.1, -0.05) is 13.8 Å². The fourth-order valence-electron chi connectivity index (χ4n) is 3.20. The summed E-state index contributed by atoms with van der Waals surface area (Å²) >= 11 is 0. The number of carbonyl (C=O) groups is 2. The molecule has 2 saturated heterocycles. The molecule has 0 aromatic carbocycles. The lowest BCUT2D eigenvalue weighted by Crippen LogP contribution is -2.49. The summed E-state index contributed by atoms with van der Waals surface area (Å²) in [4.78, 5) is 28.2. The van der Waals surface area contributed by atoms with Crippen LogP contribution < -0.4 is 5.73 Å². The van der Waals surface area contributed by atoms with E-state index in [4.69, 9.17) is 5.73 Å². The van der Waals surface area contributed by atoms with Gasteiger partial charge in [0.15, 0.2) is 0 Å². The van der Waals surface area contributed by atoms with Gasteiger partial charge in [0, 0.05) is 32.6 Å². The normalized spacial score (nSPS) is 21.9. The summed E-state index contributed by atoms with van der Waals surface area (Å²) < 4.78 is 0. The Morgan fingerprint density at radius 2 is 1.62 bits per heavy atom. The van der Waals surface area contributed by atoms with Crippen molar-refractivity contribution in [1.29, 1.82) is 0 Å². The zero-order chi connectivity index (χ0) is 15.4. The minimum absolute atomic E-state index is 0.0642. The Labute approximate surface area is 127 Å². The zero-order valence-electron chi connectivity index (χ0n) is 13.4. The minimum Gasteiger partial charge on any atom is -0.343 e. The molecular weight excluding hydrogens is 266 g/mol. The fraction of sp³-hybridized carbons (Fsp3) is 0.875. The molecule has 2 aliphatic rings. The fourth-order valence-corrected chi connectivity index (χ4v) is 3.20. The first-order valence-corrected chi connectivity index (χ1v) is 8.31. The SMILES string of the molecule is CC(C)[C@H](N)C(=O)N1CCC(CC(=O)N2CCCC2)CC1. The van der Waals surface area contributed by atoms with Crippen molar-refractivity contribution >= 4 is 11.8 Å². The van der Waals surface area contributed by atoms with Crippen LogP contribution in [0.3, 0.4) is 0 Å². The van der Waals surface area contributed by atoms with Gasteiger partial charge in [-0.05, 0) is 37.5 Å². The Bertz CT molecular complexity index is 370. The van der Waals surface area contributed by atoms with Gasteiger partial charge in [-0.2, -0.15) is 0 Å². The molecule has 0 radical (unpaired) electrons. The minimum atomic E-state index is -0.396. The van der Waals surface area contributed by atoms with Crippen LogP contribution in [0.4, 0.5) is 0 Å². The van der Waals surface area contributed by atoms with Crippen LogP contribution in [0.2, 0.25) is 0 Å². The van der Waals surface area contributed by atoms with Crippen molar-refractivity contribution in [2.24, 2.45) is 17.6 Å². The van der Waals surface area contributed by atoms with Gasteiger partial charge >= 0.3 is 0 Å². The maximum atomic E-state index is 12.2. The molecule has 1 atom stereocenters. The molecule has 5 heteroatoms. The number of carbonyl (C=O) groups excluding carboxylic acids is 2. The predicted octanol–water partition coefficient (Wildman–Crippen LogP) is 1.22. The van der Waals surface area contributed by atoms with Gasteiger partial charge in [-0.25, -0.2) is 0 Å². The van der Waals surface area contributed by atoms with Crippen LogP contribution in [0, 0.1) is 11.8 Å². The lowest BCUT2D eigenvalue weighted by Gasteiger charge is -2.34. The van der Waals surface area contributed by atoms with Crippen molar-refractivity contribution in [3.05, 3.63) is 0 Å². The standard InChI is InChI=1S/C16H29N3O2/c1-12(2)15(17)16(21)19-9-5-13(6-10-19)11-14(20)18-7-3-4-8-18/h12-13,15H,3-11,17H2,1-2H3/t15-/m0/s1. The van der Waals surface area contributed by atoms with Crippen molar-refractivity contribution in [3.63, 3.8) is 0 Å². The first-order chi connectivity index (χ1) is 9.99. The number of hydrogen-bond donors (Lipinski definition) is 1. The van der Waals surface area contributed by atoms with Crippen molar-refractivity contribution in [3.8, 4) is 0 Å². The summed E-state index contributed by atoms with van der Waals surface area (Å²) in [5.74, 6) is 0.967. The largest absolute Gasteiger partial charge is 0.343 e. The van der Waals surface area contributed by atoms with Crippen LogP contribution in [0.15, 0.2) is 0 Å². The second kappa shape index (κ2) is 7.25. The molecule has 2 aliphatic heterocycles. The Morgan fingerprint density at radius 3 is 2.14 bits per heavy atom. The average molecular weight is 295 g/mol. The zero-order valence-corrected chi connectivity index (χ0v) is 13.4. The smallest absolute Gasteiger partial charge is 0.239 e. The summed E-state index contributed by atoms with van der Waals surface area (Å²) in [5.41, 5.74) is 5.94. The van der Waals surface area contributed by atoms with Gasteiger partial charge < -0.3 is 15.5 Å². The second-order valence-corrected chi connectivity index (χ2v) is 6.83. The highest BCUT2D eigenvalue weighted by Gasteiger charge is 2.29. The highest BCUT2D eigenvalue weighted by Crippen LogP contribution is 2.23. The van der Waals surface area contributed by atoms with E-state index in [1.807, 2.05) is 23.6 Å². The molecule has 0 spiro atoms. The number of rotatable bonds is 4. The summed E-state index contributed by atoms with van der Waals surface area (Å²) in [6, 6.07) is -0.396. The van der Waals surface area contributed by atoms with E-state index in [0.717, 1.165) is 51.9 Å². The molecule has 2 amide bonds. The van der Waals surface area contributed by atoms with Crippen LogP contribution in [0.1, 0.15) is 46.0 Å². The summed E-state index contributed by atoms with van der Waals surface area (Å²) in [6.45, 7) is 7.31. The third-order valence-corrected chi connectivity index (χ3v) is 4.85. The second-order valence-electron chi connectivity index (χ2n) is 6.83. The van der Waals surface area contributed by atoms with E-state index in [2.05, 4.69) is 0 Å². The van der Waals surface area contributed by atoms with Gasteiger partial charge in [-0.15, -0.1) is 0 Å². The number of amides is 2. The molecular formula is C16H29N3O2. The van der Waals surface area contributed by atoms with Crippen LogP contribution >= 0.6 is 0 Å². The van der Waals surface area contributed by atoms with Gasteiger partial charge in [-0.3, -0.25) is 9.59 Å². The Hall–Kier alpha value is -1.10. The predicted molar refractivity (Wildman–Crippen MR) is 82.5 cm³/mol. The number of likely N-dealkylation sites (tertiary alicyclic amines) is 2. The molecule has 0 unspecified atom stereocenters. The highest BCUT2D eigenvalue weighted by molar-refractivity contribution is 5.82. The molecule has 2 fully saturated rings. The Balaban J connectivity index is 1.75. The number of nitrogens with zero attached hydrogens (tertiary/aromatic N) is 2. The van der Waals surface area contributed by atoms with E-state index in [1.165, 1.54) is 0 Å². The third kappa shape index (κ3) is 4.19. The lowest BCUT2D eigenvalue weighted by molar-refractivity contribution is -0.135. The van der Waals surface area contributed by atoms with Crippen LogP contribution in [0.25, 0.3) is 0 Å². The van der Waals surface area contributed by atoms with Crippen molar-refractivity contribution in [2.45, 2.75) is 52.0 Å². The maximum absolute atomic E-state index is 12.2. The number of piperidine rings is 1. The molecule has 0 aromatic rings. The molecule has 0 aliphatic carbocycles. The van der Waals surface area contributed by atoms with E-state index >= 15 is 0 Å². The Kier molecular flexibility index (Phi) is 5.62. The maximum Gasteiger partial charge on any atom is 0.239 e. The molecule has 0 aromatic heterocycles. The Morgan fingerprint density at radius 1 is 1.05 bits per heavy atom. The van der Waals surface area contributed by atoms with Crippen molar-refractivity contribution < 1.29 is 9.59 Å². The van der Waals surface area contributed by atoms with Crippen LogP contribution in [-0.4, -0.2) is 53.8 Å². The quantitative estimate of drug-likeness (QED) is 0.848. The van der Waals surface area contributed by atoms with E-state index in [9.17, 15) is 9.59 Å². The van der Waals surface area contributed by atoms with Gasteiger partial charge in [0.1, 0.15) is 0 Å². The van der Waals surface area contributed by atoms with Gasteiger partial charge in [0.2, 0.25) is 11.8 Å². The van der Waals surface area contributed by atoms with Crippen molar-refractivity contribution in [1.82, 2.24) is 9.80 Å². The molecule has 2 N–H and O–H groups in total. The third-order valence-electron chi connectivity index (χ3n) is 4.85. The average Bonchev–Trinajstić information content (AvgIpc) is 3.00. The number of hydrogen-bond acceptors (Lipinski definition) is 3. The lowest BCUT2D eigenvalue weighted by atomic mass is 9.92. The molecule has 5 nitrogen and oxygen atoms in total. The molecule has 2 heterocycles. The summed E-state index contributed by atoms with van der Waals surface area (Å²) in [7, 11) is 0. The van der Waals surface area contributed by atoms with E-state index in [1.54, 1.807) is 0 Å². The number of nitrogens with two attached hydrogens (primary N) is 1. The first-order valence-electron chi connectivity index (χ1n) is 8.31. The molecule has 0 saturated carbocycles. The van der Waals surface area contributed by atoms with Gasteiger partial charge in [0.25, 0.3) is 0 Å². The topological polar surface area (TPSA) is 66.6 Å². The first kappa shape index (κ1) is 16.3. The van der Waals surface area contributed by atoms with E-state index in [-0.39, 0.29) is 11.8 Å². The molecule has 120 valence electrons. The van der Waals surface area contributed by atoms with Gasteiger partial charge in [0.05, 0.1) is 6.04 Å². The van der Waals surface area contributed by atoms with Crippen LogP contribution in [0.5, 0.6) is 0 Å². The van der Waals surface area contributed by atoms with Crippen molar-refractivity contribution in [2.75, 3.05) is 26.2 Å². The van der Waals surface area contributed by atoms with E-state index in [0.29, 0.717) is 18.2 Å². The molecule has 2 rings (SSSR count). The molecule has 21 heavy (non-hydrogen) atoms. The monoisotopic (exact) mass is 295 g/mol. The highest BCUT2D eigenvalue weighted by atomic mass is 16.2.